The molecule has 0 radical (unpaired) electrons. The maximum atomic E-state index is 12.5. The Morgan fingerprint density at radius 1 is 1.00 bits per heavy atom. The number of nitrogens with two attached hydrogens (primary N) is 1. The van der Waals surface area contributed by atoms with E-state index in [0.29, 0.717) is 12.6 Å². The van der Waals surface area contributed by atoms with Gasteiger partial charge in [0.15, 0.2) is 0 Å². The fraction of sp³-hybridized carbons (Fsp3) is 0.895. The van der Waals surface area contributed by atoms with E-state index in [1.807, 2.05) is 4.90 Å². The summed E-state index contributed by atoms with van der Waals surface area (Å²) in [6, 6.07) is 0.548. The van der Waals surface area contributed by atoms with Crippen LogP contribution < -0.4 is 11.1 Å². The molecule has 0 spiro atoms. The molecule has 0 bridgehead atoms. The Balaban J connectivity index is 0.00000182. The molecule has 2 aliphatic carbocycles. The van der Waals surface area contributed by atoms with Crippen LogP contribution in [-0.2, 0) is 9.59 Å². The van der Waals surface area contributed by atoms with E-state index in [0.717, 1.165) is 64.2 Å². The molecule has 3 aliphatic rings. The van der Waals surface area contributed by atoms with E-state index in [9.17, 15) is 9.59 Å². The third-order valence-electron chi connectivity index (χ3n) is 6.18. The number of carbonyl (C=O) groups is 2. The Morgan fingerprint density at radius 3 is 2.30 bits per heavy atom. The minimum Gasteiger partial charge on any atom is -0.352 e. The van der Waals surface area contributed by atoms with Crippen LogP contribution in [0.5, 0.6) is 0 Å². The smallest absolute Gasteiger partial charge is 0.234 e. The number of hydrogen-bond acceptors (Lipinski definition) is 4. The quantitative estimate of drug-likeness (QED) is 0.723. The lowest BCUT2D eigenvalue weighted by Crippen LogP contribution is -2.53. The van der Waals surface area contributed by atoms with Crippen molar-refractivity contribution >= 4 is 36.6 Å². The van der Waals surface area contributed by atoms with E-state index < -0.39 is 0 Å². The minimum absolute atomic E-state index is 0. The molecule has 1 saturated heterocycles. The van der Waals surface area contributed by atoms with Crippen molar-refractivity contribution in [3.63, 3.8) is 0 Å². The summed E-state index contributed by atoms with van der Waals surface area (Å²) >= 11 is 0. The van der Waals surface area contributed by atoms with Crippen molar-refractivity contribution in [1.29, 1.82) is 0 Å². The van der Waals surface area contributed by atoms with E-state index in [4.69, 9.17) is 5.73 Å². The van der Waals surface area contributed by atoms with E-state index in [1.165, 1.54) is 12.8 Å². The molecule has 1 heterocycles. The molecule has 2 saturated carbocycles. The second-order valence-electron chi connectivity index (χ2n) is 8.41. The topological polar surface area (TPSA) is 78.7 Å². The zero-order valence-electron chi connectivity index (χ0n) is 16.4. The molecular formula is C19H36Cl2N4O2. The van der Waals surface area contributed by atoms with Crippen LogP contribution in [0.2, 0.25) is 0 Å². The summed E-state index contributed by atoms with van der Waals surface area (Å²) in [7, 11) is 0. The van der Waals surface area contributed by atoms with Crippen molar-refractivity contribution in [3.8, 4) is 0 Å². The molecular weight excluding hydrogens is 387 g/mol. The third kappa shape index (κ3) is 7.08. The lowest BCUT2D eigenvalue weighted by Gasteiger charge is -2.36. The Kier molecular flexibility index (Phi) is 10.4. The van der Waals surface area contributed by atoms with Crippen molar-refractivity contribution < 1.29 is 9.59 Å². The van der Waals surface area contributed by atoms with Gasteiger partial charge < -0.3 is 16.0 Å². The van der Waals surface area contributed by atoms with Crippen LogP contribution in [0, 0.1) is 11.8 Å². The maximum Gasteiger partial charge on any atom is 0.234 e. The van der Waals surface area contributed by atoms with Crippen LogP contribution >= 0.6 is 24.8 Å². The van der Waals surface area contributed by atoms with Crippen LogP contribution in [0.3, 0.4) is 0 Å². The molecule has 0 aromatic carbocycles. The first kappa shape index (κ1) is 24.5. The summed E-state index contributed by atoms with van der Waals surface area (Å²) in [5.41, 5.74) is 5.93. The highest BCUT2D eigenvalue weighted by atomic mass is 35.5. The number of carbonyl (C=O) groups excluding carboxylic acids is 2. The highest BCUT2D eigenvalue weighted by Gasteiger charge is 2.32. The number of piperazine rings is 1. The van der Waals surface area contributed by atoms with Gasteiger partial charge in [0.1, 0.15) is 0 Å². The van der Waals surface area contributed by atoms with Crippen molar-refractivity contribution in [1.82, 2.24) is 15.1 Å². The summed E-state index contributed by atoms with van der Waals surface area (Å²) in [5, 5.41) is 3.21. The fourth-order valence-corrected chi connectivity index (χ4v) is 4.67. The summed E-state index contributed by atoms with van der Waals surface area (Å²) in [4.78, 5) is 29.0. The van der Waals surface area contributed by atoms with Gasteiger partial charge in [0.05, 0.1) is 6.54 Å². The molecule has 27 heavy (non-hydrogen) atoms. The van der Waals surface area contributed by atoms with Gasteiger partial charge in [-0.25, -0.2) is 0 Å². The Labute approximate surface area is 175 Å². The number of hydrogen-bond donors (Lipinski definition) is 2. The highest BCUT2D eigenvalue weighted by molar-refractivity contribution is 5.85. The van der Waals surface area contributed by atoms with Gasteiger partial charge in [-0.2, -0.15) is 0 Å². The van der Waals surface area contributed by atoms with Gasteiger partial charge in [0, 0.05) is 44.2 Å². The number of halogens is 2. The second-order valence-corrected chi connectivity index (χ2v) is 8.41. The predicted octanol–water partition coefficient (Wildman–Crippen LogP) is 1.80. The zero-order valence-corrected chi connectivity index (χ0v) is 18.0. The first-order valence-electron chi connectivity index (χ1n) is 10.1. The minimum atomic E-state index is 0. The molecule has 8 heteroatoms. The Bertz CT molecular complexity index is 486. The lowest BCUT2D eigenvalue weighted by molar-refractivity contribution is -0.137. The van der Waals surface area contributed by atoms with Gasteiger partial charge in [-0.15, -0.1) is 24.8 Å². The van der Waals surface area contributed by atoms with Crippen LogP contribution in [0.4, 0.5) is 0 Å². The molecule has 4 atom stereocenters. The van der Waals surface area contributed by atoms with Crippen LogP contribution in [-0.4, -0.2) is 66.4 Å². The summed E-state index contributed by atoms with van der Waals surface area (Å²) < 4.78 is 0. The van der Waals surface area contributed by atoms with Gasteiger partial charge >= 0.3 is 0 Å². The zero-order chi connectivity index (χ0) is 17.8. The SMILES string of the molecule is CC1CCCC(NC(=O)CN2CCN(C(=O)C3CCC(N)C3)CC2)C1.Cl.Cl. The summed E-state index contributed by atoms with van der Waals surface area (Å²) in [5.74, 6) is 1.25. The van der Waals surface area contributed by atoms with Gasteiger partial charge in [-0.1, -0.05) is 19.8 Å². The Morgan fingerprint density at radius 2 is 1.70 bits per heavy atom. The van der Waals surface area contributed by atoms with Crippen LogP contribution in [0.15, 0.2) is 0 Å². The largest absolute Gasteiger partial charge is 0.352 e. The monoisotopic (exact) mass is 422 g/mol. The summed E-state index contributed by atoms with van der Waals surface area (Å²) in [6.45, 7) is 5.78. The molecule has 0 aromatic heterocycles. The van der Waals surface area contributed by atoms with Crippen molar-refractivity contribution in [2.75, 3.05) is 32.7 Å². The molecule has 1 aliphatic heterocycles. The molecule has 4 unspecified atom stereocenters. The fourth-order valence-electron chi connectivity index (χ4n) is 4.67. The molecule has 3 fully saturated rings. The molecule has 6 nitrogen and oxygen atoms in total. The third-order valence-corrected chi connectivity index (χ3v) is 6.18. The van der Waals surface area contributed by atoms with Gasteiger partial charge in [0.2, 0.25) is 11.8 Å². The molecule has 0 aromatic rings. The van der Waals surface area contributed by atoms with Crippen molar-refractivity contribution in [2.24, 2.45) is 17.6 Å². The van der Waals surface area contributed by atoms with Crippen LogP contribution in [0.1, 0.15) is 51.9 Å². The van der Waals surface area contributed by atoms with E-state index in [-0.39, 0.29) is 48.6 Å². The highest BCUT2D eigenvalue weighted by Crippen LogP contribution is 2.26. The van der Waals surface area contributed by atoms with Gasteiger partial charge in [-0.3, -0.25) is 14.5 Å². The standard InChI is InChI=1S/C19H34N4O2.2ClH/c1-14-3-2-4-17(11-14)21-18(24)13-22-7-9-23(10-8-22)19(25)15-5-6-16(20)12-15;;/h14-17H,2-13,20H2,1H3,(H,21,24);2*1H. The van der Waals surface area contributed by atoms with E-state index >= 15 is 0 Å². The second kappa shape index (κ2) is 11.4. The molecule has 158 valence electrons. The average molecular weight is 423 g/mol. The lowest BCUT2D eigenvalue weighted by atomic mass is 9.87. The van der Waals surface area contributed by atoms with Gasteiger partial charge in [0.25, 0.3) is 0 Å². The molecule has 3 rings (SSSR count). The summed E-state index contributed by atoms with van der Waals surface area (Å²) in [6.07, 6.45) is 7.46. The number of rotatable bonds is 4. The van der Waals surface area contributed by atoms with Gasteiger partial charge in [-0.05, 0) is 38.0 Å². The Hall–Kier alpha value is -0.560. The number of amides is 2. The average Bonchev–Trinajstić information content (AvgIpc) is 3.01. The maximum absolute atomic E-state index is 12.5. The first-order chi connectivity index (χ1) is 12.0. The number of nitrogens with zero attached hydrogens (tertiary/aromatic N) is 2. The molecule has 3 N–H and O–H groups in total. The van der Waals surface area contributed by atoms with Crippen LogP contribution in [0.25, 0.3) is 0 Å². The predicted molar refractivity (Wildman–Crippen MR) is 112 cm³/mol. The number of nitrogens with one attached hydrogen (secondary N) is 1. The van der Waals surface area contributed by atoms with E-state index in [1.54, 1.807) is 0 Å². The first-order valence-corrected chi connectivity index (χ1v) is 10.1. The normalized spacial score (nSPS) is 31.6. The van der Waals surface area contributed by atoms with Crippen molar-refractivity contribution in [2.45, 2.75) is 64.0 Å². The molecule has 2 amide bonds. The van der Waals surface area contributed by atoms with Crippen molar-refractivity contribution in [3.05, 3.63) is 0 Å². The van der Waals surface area contributed by atoms with E-state index in [2.05, 4.69) is 17.1 Å².